The van der Waals surface area contributed by atoms with E-state index in [9.17, 15) is 14.7 Å². The first-order valence-electron chi connectivity index (χ1n) is 6.13. The van der Waals surface area contributed by atoms with Crippen molar-refractivity contribution in [2.75, 3.05) is 14.2 Å². The number of methoxy groups -OCH3 is 2. The van der Waals surface area contributed by atoms with Gasteiger partial charge in [0, 0.05) is 13.5 Å². The third kappa shape index (κ3) is 2.45. The Bertz CT molecular complexity index is 369. The van der Waals surface area contributed by atoms with Crippen LogP contribution in [0.3, 0.4) is 0 Å². The van der Waals surface area contributed by atoms with E-state index in [0.29, 0.717) is 0 Å². The first-order chi connectivity index (χ1) is 8.99. The molecule has 1 N–H and O–H groups in total. The van der Waals surface area contributed by atoms with Crippen LogP contribution in [0.2, 0.25) is 0 Å². The summed E-state index contributed by atoms with van der Waals surface area (Å²) in [5.41, 5.74) is 0. The van der Waals surface area contributed by atoms with Crippen molar-refractivity contribution in [3.05, 3.63) is 0 Å². The van der Waals surface area contributed by atoms with Gasteiger partial charge in [-0.3, -0.25) is 9.59 Å². The maximum Gasteiger partial charge on any atom is 0.314 e. The number of aliphatic hydroxyl groups is 1. The van der Waals surface area contributed by atoms with Crippen molar-refractivity contribution in [3.8, 4) is 0 Å². The highest BCUT2D eigenvalue weighted by Gasteiger charge is 2.54. The molecule has 0 aromatic rings. The Kier molecular flexibility index (Phi) is 4.07. The summed E-state index contributed by atoms with van der Waals surface area (Å²) in [7, 11) is 2.64. The molecule has 0 unspecified atom stereocenters. The third-order valence-corrected chi connectivity index (χ3v) is 3.82. The van der Waals surface area contributed by atoms with Gasteiger partial charge in [-0.05, 0) is 12.8 Å². The zero-order chi connectivity index (χ0) is 14.2. The lowest BCUT2D eigenvalue weighted by Crippen LogP contribution is -2.57. The van der Waals surface area contributed by atoms with Gasteiger partial charge in [0.2, 0.25) is 0 Å². The Morgan fingerprint density at radius 3 is 2.68 bits per heavy atom. The monoisotopic (exact) mass is 274 g/mol. The minimum absolute atomic E-state index is 0.0368. The average Bonchev–Trinajstić information content (AvgIpc) is 2.36. The van der Waals surface area contributed by atoms with E-state index < -0.39 is 48.4 Å². The number of aliphatic hydroxyl groups excluding tert-OH is 1. The van der Waals surface area contributed by atoms with Crippen molar-refractivity contribution in [1.29, 1.82) is 0 Å². The number of carbonyl (C=O) groups is 2. The first kappa shape index (κ1) is 14.2. The number of fused-ring (bicyclic) bond motifs is 1. The number of esters is 2. The molecule has 0 aromatic carbocycles. The van der Waals surface area contributed by atoms with E-state index in [0.717, 1.165) is 0 Å². The van der Waals surface area contributed by atoms with Crippen LogP contribution in [-0.2, 0) is 28.5 Å². The Morgan fingerprint density at radius 1 is 1.42 bits per heavy atom. The van der Waals surface area contributed by atoms with E-state index in [2.05, 4.69) is 0 Å². The second-order valence-electron chi connectivity index (χ2n) is 4.82. The van der Waals surface area contributed by atoms with Crippen molar-refractivity contribution < 1.29 is 33.6 Å². The number of carbonyl (C=O) groups excluding carboxylic acids is 2. The molecule has 0 aromatic heterocycles. The fourth-order valence-corrected chi connectivity index (χ4v) is 2.96. The van der Waals surface area contributed by atoms with E-state index in [1.807, 2.05) is 0 Å². The minimum Gasteiger partial charge on any atom is -0.469 e. The molecule has 2 aliphatic heterocycles. The summed E-state index contributed by atoms with van der Waals surface area (Å²) in [6.45, 7) is 1.67. The van der Waals surface area contributed by atoms with Gasteiger partial charge in [0.15, 0.2) is 12.6 Å². The van der Waals surface area contributed by atoms with E-state index >= 15 is 0 Å². The molecule has 0 aliphatic carbocycles. The SMILES string of the molecule is COC(=O)[C@@H]1[C@H](OC)O[C@H](O)[C@H]2[C@@H]1CC(=O)O[C@@H]2C. The van der Waals surface area contributed by atoms with Crippen molar-refractivity contribution in [2.45, 2.75) is 32.0 Å². The molecule has 0 radical (unpaired) electrons. The summed E-state index contributed by atoms with van der Waals surface area (Å²) in [4.78, 5) is 23.4. The van der Waals surface area contributed by atoms with Gasteiger partial charge < -0.3 is 24.1 Å². The quantitative estimate of drug-likeness (QED) is 0.689. The minimum atomic E-state index is -1.14. The van der Waals surface area contributed by atoms with Gasteiger partial charge in [0.1, 0.15) is 12.0 Å². The zero-order valence-electron chi connectivity index (χ0n) is 11.1. The van der Waals surface area contributed by atoms with Crippen LogP contribution in [-0.4, -0.2) is 49.9 Å². The van der Waals surface area contributed by atoms with Crippen molar-refractivity contribution >= 4 is 11.9 Å². The van der Waals surface area contributed by atoms with Gasteiger partial charge in [-0.1, -0.05) is 0 Å². The van der Waals surface area contributed by atoms with Crippen LogP contribution >= 0.6 is 0 Å². The lowest BCUT2D eigenvalue weighted by atomic mass is 9.72. The van der Waals surface area contributed by atoms with Crippen molar-refractivity contribution in [1.82, 2.24) is 0 Å². The highest BCUT2D eigenvalue weighted by molar-refractivity contribution is 5.76. The summed E-state index contributed by atoms with van der Waals surface area (Å²) in [5.74, 6) is -2.55. The second-order valence-corrected chi connectivity index (χ2v) is 4.82. The number of cyclic esters (lactones) is 1. The van der Waals surface area contributed by atoms with E-state index in [1.54, 1.807) is 6.92 Å². The molecular weight excluding hydrogens is 256 g/mol. The van der Waals surface area contributed by atoms with Crippen LogP contribution in [0, 0.1) is 17.8 Å². The Balaban J connectivity index is 2.32. The van der Waals surface area contributed by atoms with Crippen molar-refractivity contribution in [3.63, 3.8) is 0 Å². The smallest absolute Gasteiger partial charge is 0.314 e. The van der Waals surface area contributed by atoms with Gasteiger partial charge in [-0.25, -0.2) is 0 Å². The molecule has 0 amide bonds. The number of ether oxygens (including phenoxy) is 4. The molecule has 7 nitrogen and oxygen atoms in total. The lowest BCUT2D eigenvalue weighted by molar-refractivity contribution is -0.315. The fourth-order valence-electron chi connectivity index (χ4n) is 2.96. The molecule has 7 heteroatoms. The molecule has 2 heterocycles. The predicted molar refractivity (Wildman–Crippen MR) is 60.5 cm³/mol. The molecular formula is C12H18O7. The number of hydrogen-bond acceptors (Lipinski definition) is 7. The van der Waals surface area contributed by atoms with E-state index in [1.165, 1.54) is 14.2 Å². The van der Waals surface area contributed by atoms with Crippen LogP contribution in [0.4, 0.5) is 0 Å². The maximum absolute atomic E-state index is 11.9. The topological polar surface area (TPSA) is 91.3 Å². The van der Waals surface area contributed by atoms with Gasteiger partial charge >= 0.3 is 11.9 Å². The van der Waals surface area contributed by atoms with Crippen molar-refractivity contribution in [2.24, 2.45) is 17.8 Å². The predicted octanol–water partition coefficient (Wildman–Crippen LogP) is -0.336. The molecule has 0 bridgehead atoms. The van der Waals surface area contributed by atoms with Gasteiger partial charge in [-0.15, -0.1) is 0 Å². The lowest BCUT2D eigenvalue weighted by Gasteiger charge is -2.47. The highest BCUT2D eigenvalue weighted by atomic mass is 16.7. The molecule has 2 rings (SSSR count). The largest absolute Gasteiger partial charge is 0.469 e. The van der Waals surface area contributed by atoms with Crippen LogP contribution in [0.15, 0.2) is 0 Å². The second kappa shape index (κ2) is 5.44. The summed E-state index contributed by atoms with van der Waals surface area (Å²) in [6.07, 6.45) is -2.55. The van der Waals surface area contributed by atoms with Gasteiger partial charge in [0.25, 0.3) is 0 Å². The zero-order valence-corrected chi connectivity index (χ0v) is 11.1. The molecule has 0 spiro atoms. The Morgan fingerprint density at radius 2 is 2.11 bits per heavy atom. The third-order valence-electron chi connectivity index (χ3n) is 3.82. The normalized spacial score (nSPS) is 42.2. The molecule has 19 heavy (non-hydrogen) atoms. The van der Waals surface area contributed by atoms with Gasteiger partial charge in [0.05, 0.1) is 13.0 Å². The number of hydrogen-bond donors (Lipinski definition) is 1. The van der Waals surface area contributed by atoms with Crippen LogP contribution in [0.25, 0.3) is 0 Å². The average molecular weight is 274 g/mol. The molecule has 2 saturated heterocycles. The van der Waals surface area contributed by atoms with Crippen LogP contribution in [0.5, 0.6) is 0 Å². The standard InChI is InChI=1S/C12H18O7/c1-5-8-6(4-7(13)18-5)9(10(14)16-2)12(17-3)19-11(8)15/h5-6,8-9,11-12,15H,4H2,1-3H3/t5-,6+,8-,9-,11+,12-/m1/s1. The Hall–Kier alpha value is -1.18. The summed E-state index contributed by atoms with van der Waals surface area (Å²) in [5, 5.41) is 9.99. The molecule has 2 aliphatic rings. The van der Waals surface area contributed by atoms with E-state index in [-0.39, 0.29) is 6.42 Å². The fraction of sp³-hybridized carbons (Fsp3) is 0.833. The van der Waals surface area contributed by atoms with Gasteiger partial charge in [-0.2, -0.15) is 0 Å². The maximum atomic E-state index is 11.9. The van der Waals surface area contributed by atoms with Crippen LogP contribution < -0.4 is 0 Å². The molecule has 2 fully saturated rings. The van der Waals surface area contributed by atoms with Crippen LogP contribution in [0.1, 0.15) is 13.3 Å². The summed E-state index contributed by atoms with van der Waals surface area (Å²) in [6, 6.07) is 0. The molecule has 108 valence electrons. The molecule has 0 saturated carbocycles. The molecule has 6 atom stereocenters. The summed E-state index contributed by atoms with van der Waals surface area (Å²) < 4.78 is 20.2. The number of rotatable bonds is 2. The van der Waals surface area contributed by atoms with E-state index in [4.69, 9.17) is 18.9 Å². The first-order valence-corrected chi connectivity index (χ1v) is 6.13. The Labute approximate surface area is 110 Å². The summed E-state index contributed by atoms with van der Waals surface area (Å²) >= 11 is 0. The highest BCUT2D eigenvalue weighted by Crippen LogP contribution is 2.43.